The van der Waals surface area contributed by atoms with Crippen molar-refractivity contribution >= 4 is 11.6 Å². The zero-order chi connectivity index (χ0) is 12.8. The van der Waals surface area contributed by atoms with Gasteiger partial charge in [-0.2, -0.15) is 0 Å². The van der Waals surface area contributed by atoms with Crippen LogP contribution < -0.4 is 5.32 Å². The van der Waals surface area contributed by atoms with E-state index >= 15 is 0 Å². The van der Waals surface area contributed by atoms with Crippen molar-refractivity contribution in [3.05, 3.63) is 34.3 Å². The molecule has 0 bridgehead atoms. The average molecular weight is 277 g/mol. The summed E-state index contributed by atoms with van der Waals surface area (Å²) in [6, 6.07) is 8.61. The lowest BCUT2D eigenvalue weighted by molar-refractivity contribution is 0.312. The molecule has 0 spiro atoms. The van der Waals surface area contributed by atoms with E-state index in [1.54, 1.807) is 0 Å². The first kappa shape index (κ1) is 12.2. The lowest BCUT2D eigenvalue weighted by Crippen LogP contribution is -2.40. The Morgan fingerprint density at radius 1 is 1.05 bits per heavy atom. The molecule has 2 nitrogen and oxygen atoms in total. The van der Waals surface area contributed by atoms with E-state index in [2.05, 4.69) is 22.3 Å². The SMILES string of the molecule is Clc1ccc2c(c1)CC(NC1CCN(C3CC3)C1)C2. The van der Waals surface area contributed by atoms with E-state index in [4.69, 9.17) is 11.6 Å². The number of nitrogens with zero attached hydrogens (tertiary/aromatic N) is 1. The molecule has 4 rings (SSSR count). The van der Waals surface area contributed by atoms with Crippen LogP contribution in [-0.2, 0) is 12.8 Å². The maximum absolute atomic E-state index is 6.08. The summed E-state index contributed by atoms with van der Waals surface area (Å²) in [5.41, 5.74) is 2.93. The Balaban J connectivity index is 1.35. The number of likely N-dealkylation sites (tertiary alicyclic amines) is 1. The predicted octanol–water partition coefficient (Wildman–Crippen LogP) is 2.63. The quantitative estimate of drug-likeness (QED) is 0.913. The molecule has 3 heteroatoms. The molecule has 0 amide bonds. The predicted molar refractivity (Wildman–Crippen MR) is 78.8 cm³/mol. The highest BCUT2D eigenvalue weighted by molar-refractivity contribution is 6.30. The van der Waals surface area contributed by atoms with Gasteiger partial charge in [-0.15, -0.1) is 0 Å². The van der Waals surface area contributed by atoms with Gasteiger partial charge in [-0.3, -0.25) is 4.90 Å². The van der Waals surface area contributed by atoms with Gasteiger partial charge in [0.25, 0.3) is 0 Å². The minimum Gasteiger partial charge on any atom is -0.309 e. The second-order valence-corrected chi connectivity index (χ2v) is 6.83. The maximum atomic E-state index is 6.08. The first-order valence-corrected chi connectivity index (χ1v) is 7.93. The minimum absolute atomic E-state index is 0.623. The fraction of sp³-hybridized carbons (Fsp3) is 0.625. The van der Waals surface area contributed by atoms with Gasteiger partial charge < -0.3 is 5.32 Å². The Labute approximate surface area is 120 Å². The lowest BCUT2D eigenvalue weighted by atomic mass is 10.1. The summed E-state index contributed by atoms with van der Waals surface area (Å²) in [4.78, 5) is 2.68. The molecule has 1 aromatic rings. The van der Waals surface area contributed by atoms with E-state index in [0.717, 1.165) is 17.5 Å². The van der Waals surface area contributed by atoms with Gasteiger partial charge in [0.2, 0.25) is 0 Å². The molecular formula is C16H21ClN2. The molecule has 3 aliphatic rings. The second-order valence-electron chi connectivity index (χ2n) is 6.40. The van der Waals surface area contributed by atoms with E-state index in [0.29, 0.717) is 12.1 Å². The molecule has 1 N–H and O–H groups in total. The zero-order valence-corrected chi connectivity index (χ0v) is 12.0. The molecule has 1 saturated heterocycles. The Hall–Kier alpha value is -0.570. The molecule has 1 aromatic carbocycles. The van der Waals surface area contributed by atoms with Gasteiger partial charge in [0.15, 0.2) is 0 Å². The number of hydrogen-bond donors (Lipinski definition) is 1. The third-order valence-electron chi connectivity index (χ3n) is 4.86. The van der Waals surface area contributed by atoms with E-state index in [1.807, 2.05) is 6.07 Å². The molecule has 0 radical (unpaired) electrons. The molecule has 2 unspecified atom stereocenters. The standard InChI is InChI=1S/C16H21ClN2/c17-13-2-1-11-8-15(9-12(11)7-13)18-14-5-6-19(10-14)16-3-4-16/h1-2,7,14-16,18H,3-6,8-10H2. The molecule has 2 fully saturated rings. The fourth-order valence-electron chi connectivity index (χ4n) is 3.73. The zero-order valence-electron chi connectivity index (χ0n) is 11.2. The topological polar surface area (TPSA) is 15.3 Å². The monoisotopic (exact) mass is 276 g/mol. The summed E-state index contributed by atoms with van der Waals surface area (Å²) in [5, 5.41) is 4.75. The third-order valence-corrected chi connectivity index (χ3v) is 5.09. The minimum atomic E-state index is 0.623. The van der Waals surface area contributed by atoms with Crippen LogP contribution in [-0.4, -0.2) is 36.1 Å². The van der Waals surface area contributed by atoms with Crippen molar-refractivity contribution in [1.29, 1.82) is 0 Å². The van der Waals surface area contributed by atoms with Crippen LogP contribution in [0.5, 0.6) is 0 Å². The van der Waals surface area contributed by atoms with Crippen molar-refractivity contribution in [2.45, 2.75) is 50.2 Å². The van der Waals surface area contributed by atoms with Crippen molar-refractivity contribution in [3.63, 3.8) is 0 Å². The molecule has 2 aliphatic carbocycles. The van der Waals surface area contributed by atoms with Crippen molar-refractivity contribution in [2.75, 3.05) is 13.1 Å². The smallest absolute Gasteiger partial charge is 0.0408 e. The fourth-order valence-corrected chi connectivity index (χ4v) is 3.93. The molecule has 19 heavy (non-hydrogen) atoms. The molecule has 1 aliphatic heterocycles. The molecule has 1 saturated carbocycles. The van der Waals surface area contributed by atoms with E-state index < -0.39 is 0 Å². The van der Waals surface area contributed by atoms with Crippen LogP contribution in [0.1, 0.15) is 30.4 Å². The molecule has 102 valence electrons. The number of nitrogens with one attached hydrogen (secondary N) is 1. The van der Waals surface area contributed by atoms with Crippen LogP contribution in [0.4, 0.5) is 0 Å². The van der Waals surface area contributed by atoms with Crippen LogP contribution in [0, 0.1) is 0 Å². The van der Waals surface area contributed by atoms with Gasteiger partial charge in [0.05, 0.1) is 0 Å². The van der Waals surface area contributed by atoms with Crippen LogP contribution in [0.15, 0.2) is 18.2 Å². The highest BCUT2D eigenvalue weighted by Crippen LogP contribution is 2.31. The maximum Gasteiger partial charge on any atom is 0.0408 e. The molecule has 2 atom stereocenters. The molecule has 1 heterocycles. The highest BCUT2D eigenvalue weighted by Gasteiger charge is 2.35. The summed E-state index contributed by atoms with van der Waals surface area (Å²) in [5.74, 6) is 0. The first-order valence-electron chi connectivity index (χ1n) is 7.55. The average Bonchev–Trinajstić information content (AvgIpc) is 3.01. The van der Waals surface area contributed by atoms with Gasteiger partial charge in [0, 0.05) is 36.2 Å². The van der Waals surface area contributed by atoms with E-state index in [9.17, 15) is 0 Å². The van der Waals surface area contributed by atoms with E-state index in [-0.39, 0.29) is 0 Å². The van der Waals surface area contributed by atoms with Crippen molar-refractivity contribution in [3.8, 4) is 0 Å². The van der Waals surface area contributed by atoms with Crippen molar-refractivity contribution < 1.29 is 0 Å². The Morgan fingerprint density at radius 2 is 1.89 bits per heavy atom. The summed E-state index contributed by atoms with van der Waals surface area (Å²) in [6.45, 7) is 2.56. The number of fused-ring (bicyclic) bond motifs is 1. The van der Waals surface area contributed by atoms with Gasteiger partial charge in [-0.05, 0) is 55.4 Å². The third kappa shape index (κ3) is 2.54. The van der Waals surface area contributed by atoms with Crippen LogP contribution in [0.2, 0.25) is 5.02 Å². The summed E-state index contributed by atoms with van der Waals surface area (Å²) < 4.78 is 0. The Morgan fingerprint density at radius 3 is 2.74 bits per heavy atom. The first-order chi connectivity index (χ1) is 9.28. The van der Waals surface area contributed by atoms with Crippen LogP contribution in [0.3, 0.4) is 0 Å². The van der Waals surface area contributed by atoms with Gasteiger partial charge in [0.1, 0.15) is 0 Å². The Bertz CT molecular complexity index is 484. The second kappa shape index (κ2) is 4.76. The van der Waals surface area contributed by atoms with Gasteiger partial charge in [-0.1, -0.05) is 17.7 Å². The highest BCUT2D eigenvalue weighted by atomic mass is 35.5. The largest absolute Gasteiger partial charge is 0.309 e. The summed E-state index contributed by atoms with van der Waals surface area (Å²) in [7, 11) is 0. The Kier molecular flexibility index (Phi) is 3.06. The van der Waals surface area contributed by atoms with E-state index in [1.165, 1.54) is 49.9 Å². The van der Waals surface area contributed by atoms with Crippen LogP contribution >= 0.6 is 11.6 Å². The lowest BCUT2D eigenvalue weighted by Gasteiger charge is -2.19. The molecular weight excluding hydrogens is 256 g/mol. The number of rotatable bonds is 3. The van der Waals surface area contributed by atoms with Gasteiger partial charge >= 0.3 is 0 Å². The normalized spacial score (nSPS) is 30.8. The molecule has 0 aromatic heterocycles. The van der Waals surface area contributed by atoms with Crippen LogP contribution in [0.25, 0.3) is 0 Å². The summed E-state index contributed by atoms with van der Waals surface area (Å²) in [6.07, 6.45) is 6.51. The number of hydrogen-bond acceptors (Lipinski definition) is 2. The van der Waals surface area contributed by atoms with Gasteiger partial charge in [-0.25, -0.2) is 0 Å². The summed E-state index contributed by atoms with van der Waals surface area (Å²) >= 11 is 6.08. The van der Waals surface area contributed by atoms with Crippen molar-refractivity contribution in [2.24, 2.45) is 0 Å². The number of benzene rings is 1. The van der Waals surface area contributed by atoms with Crippen molar-refractivity contribution in [1.82, 2.24) is 10.2 Å². The number of halogens is 1.